The Bertz CT molecular complexity index is 715. The van der Waals surface area contributed by atoms with Crippen molar-refractivity contribution in [3.05, 3.63) is 64.2 Å². The molecule has 0 saturated heterocycles. The topological polar surface area (TPSA) is 38.3 Å². The Labute approximate surface area is 149 Å². The summed E-state index contributed by atoms with van der Waals surface area (Å²) in [6.45, 7) is 7.94. The number of carbonyl (C=O) groups is 1. The molecule has 0 aliphatic carbocycles. The summed E-state index contributed by atoms with van der Waals surface area (Å²) >= 11 is 5.94. The molecule has 1 N–H and O–H groups in total. The number of benzene rings is 2. The average molecular weight is 346 g/mol. The van der Waals surface area contributed by atoms with Crippen molar-refractivity contribution in [2.24, 2.45) is 0 Å². The van der Waals surface area contributed by atoms with Crippen LogP contribution >= 0.6 is 11.6 Å². The van der Waals surface area contributed by atoms with Crippen LogP contribution < -0.4 is 10.1 Å². The zero-order chi connectivity index (χ0) is 17.7. The molecule has 0 heterocycles. The van der Waals surface area contributed by atoms with Crippen molar-refractivity contribution in [2.45, 2.75) is 46.3 Å². The van der Waals surface area contributed by atoms with E-state index in [1.165, 1.54) is 11.1 Å². The SMILES string of the molecule is CC[C@@H](NC(=O)[C@H](C)Oc1cccc(Cl)c1)c1ccc(C)cc1C. The number of carbonyl (C=O) groups excluding carboxylic acids is 1. The summed E-state index contributed by atoms with van der Waals surface area (Å²) in [6.07, 6.45) is 0.225. The lowest BCUT2D eigenvalue weighted by atomic mass is 9.97. The standard InChI is InChI=1S/C20H24ClNO2/c1-5-19(18-10-9-13(2)11-14(18)3)22-20(23)15(4)24-17-8-6-7-16(21)12-17/h6-12,15,19H,5H2,1-4H3,(H,22,23)/t15-,19+/m0/s1. The molecule has 24 heavy (non-hydrogen) atoms. The van der Waals surface area contributed by atoms with Crippen LogP contribution in [0.25, 0.3) is 0 Å². The molecule has 128 valence electrons. The number of amides is 1. The van der Waals surface area contributed by atoms with Gasteiger partial charge in [-0.25, -0.2) is 0 Å². The van der Waals surface area contributed by atoms with E-state index in [1.807, 2.05) is 0 Å². The van der Waals surface area contributed by atoms with Gasteiger partial charge in [-0.15, -0.1) is 0 Å². The summed E-state index contributed by atoms with van der Waals surface area (Å²) in [7, 11) is 0. The first-order valence-electron chi connectivity index (χ1n) is 8.20. The summed E-state index contributed by atoms with van der Waals surface area (Å²) in [4.78, 5) is 12.5. The van der Waals surface area contributed by atoms with Crippen molar-refractivity contribution >= 4 is 17.5 Å². The molecule has 0 unspecified atom stereocenters. The Hall–Kier alpha value is -2.00. The van der Waals surface area contributed by atoms with Crippen LogP contribution in [0.2, 0.25) is 5.02 Å². The number of rotatable bonds is 6. The van der Waals surface area contributed by atoms with E-state index in [0.717, 1.165) is 12.0 Å². The molecule has 0 bridgehead atoms. The minimum absolute atomic E-state index is 0.0245. The summed E-state index contributed by atoms with van der Waals surface area (Å²) in [5.41, 5.74) is 3.55. The zero-order valence-corrected chi connectivity index (χ0v) is 15.4. The smallest absolute Gasteiger partial charge is 0.261 e. The van der Waals surface area contributed by atoms with E-state index in [4.69, 9.17) is 16.3 Å². The molecular formula is C20H24ClNO2. The molecule has 3 nitrogen and oxygen atoms in total. The molecule has 0 aromatic heterocycles. The van der Waals surface area contributed by atoms with E-state index in [1.54, 1.807) is 31.2 Å². The van der Waals surface area contributed by atoms with E-state index in [-0.39, 0.29) is 11.9 Å². The minimum atomic E-state index is -0.594. The average Bonchev–Trinajstić information content (AvgIpc) is 2.53. The Morgan fingerprint density at radius 2 is 1.96 bits per heavy atom. The maximum absolute atomic E-state index is 12.5. The fourth-order valence-corrected chi connectivity index (χ4v) is 2.88. The van der Waals surface area contributed by atoms with Crippen LogP contribution in [0.15, 0.2) is 42.5 Å². The highest BCUT2D eigenvalue weighted by molar-refractivity contribution is 6.30. The minimum Gasteiger partial charge on any atom is -0.481 e. The third kappa shape index (κ3) is 4.75. The van der Waals surface area contributed by atoms with Crippen LogP contribution in [-0.4, -0.2) is 12.0 Å². The number of hydrogen-bond donors (Lipinski definition) is 1. The van der Waals surface area contributed by atoms with Crippen LogP contribution in [0.1, 0.15) is 43.0 Å². The summed E-state index contributed by atoms with van der Waals surface area (Å²) in [6, 6.07) is 13.3. The Kier molecular flexibility index (Phi) is 6.27. The molecule has 0 radical (unpaired) electrons. The lowest BCUT2D eigenvalue weighted by molar-refractivity contribution is -0.128. The van der Waals surface area contributed by atoms with E-state index in [9.17, 15) is 4.79 Å². The van der Waals surface area contributed by atoms with Crippen molar-refractivity contribution < 1.29 is 9.53 Å². The second kappa shape index (κ2) is 8.20. The quantitative estimate of drug-likeness (QED) is 0.800. The van der Waals surface area contributed by atoms with Crippen molar-refractivity contribution in [1.82, 2.24) is 5.32 Å². The van der Waals surface area contributed by atoms with Gasteiger partial charge in [0.25, 0.3) is 5.91 Å². The maximum atomic E-state index is 12.5. The third-order valence-corrected chi connectivity index (χ3v) is 4.24. The van der Waals surface area contributed by atoms with Gasteiger partial charge in [-0.05, 0) is 56.5 Å². The predicted molar refractivity (Wildman–Crippen MR) is 98.6 cm³/mol. The molecule has 0 aliphatic heterocycles. The lowest BCUT2D eigenvalue weighted by Crippen LogP contribution is -2.38. The summed E-state index contributed by atoms with van der Waals surface area (Å²) < 4.78 is 5.69. The van der Waals surface area contributed by atoms with Gasteiger partial charge in [0.1, 0.15) is 5.75 Å². The second-order valence-corrected chi connectivity index (χ2v) is 6.48. The van der Waals surface area contributed by atoms with Crippen molar-refractivity contribution in [3.8, 4) is 5.75 Å². The van der Waals surface area contributed by atoms with Gasteiger partial charge < -0.3 is 10.1 Å². The van der Waals surface area contributed by atoms with Crippen molar-refractivity contribution in [2.75, 3.05) is 0 Å². The van der Waals surface area contributed by atoms with Crippen molar-refractivity contribution in [1.29, 1.82) is 0 Å². The van der Waals surface area contributed by atoms with Crippen LogP contribution in [0.5, 0.6) is 5.75 Å². The number of halogens is 1. The first kappa shape index (κ1) is 18.3. The first-order chi connectivity index (χ1) is 11.4. The van der Waals surface area contributed by atoms with E-state index in [0.29, 0.717) is 10.8 Å². The van der Waals surface area contributed by atoms with Gasteiger partial charge in [0.2, 0.25) is 0 Å². The molecule has 0 fully saturated rings. The number of ether oxygens (including phenoxy) is 1. The monoisotopic (exact) mass is 345 g/mol. The van der Waals surface area contributed by atoms with Crippen LogP contribution in [0, 0.1) is 13.8 Å². The van der Waals surface area contributed by atoms with Gasteiger partial charge in [-0.1, -0.05) is 48.4 Å². The van der Waals surface area contributed by atoms with Gasteiger partial charge in [0, 0.05) is 5.02 Å². The molecule has 2 atom stereocenters. The van der Waals surface area contributed by atoms with E-state index >= 15 is 0 Å². The molecular weight excluding hydrogens is 322 g/mol. The highest BCUT2D eigenvalue weighted by Crippen LogP contribution is 2.23. The highest BCUT2D eigenvalue weighted by atomic mass is 35.5. The fourth-order valence-electron chi connectivity index (χ4n) is 2.70. The first-order valence-corrected chi connectivity index (χ1v) is 8.58. The summed E-state index contributed by atoms with van der Waals surface area (Å²) in [5, 5.41) is 3.67. The molecule has 0 aliphatic rings. The Morgan fingerprint density at radius 3 is 2.58 bits per heavy atom. The maximum Gasteiger partial charge on any atom is 0.261 e. The molecule has 4 heteroatoms. The molecule has 2 rings (SSSR count). The second-order valence-electron chi connectivity index (χ2n) is 6.05. The predicted octanol–water partition coefficient (Wildman–Crippen LogP) is 4.99. The molecule has 2 aromatic rings. The number of hydrogen-bond acceptors (Lipinski definition) is 2. The van der Waals surface area contributed by atoms with Gasteiger partial charge in [0.05, 0.1) is 6.04 Å². The van der Waals surface area contributed by atoms with Crippen LogP contribution in [0.4, 0.5) is 0 Å². The van der Waals surface area contributed by atoms with E-state index < -0.39 is 6.10 Å². The van der Waals surface area contributed by atoms with Crippen LogP contribution in [0.3, 0.4) is 0 Å². The zero-order valence-electron chi connectivity index (χ0n) is 14.6. The summed E-state index contributed by atoms with van der Waals surface area (Å²) in [5.74, 6) is 0.450. The van der Waals surface area contributed by atoms with Gasteiger partial charge in [-0.3, -0.25) is 4.79 Å². The normalized spacial score (nSPS) is 13.2. The number of aryl methyl sites for hydroxylation is 2. The van der Waals surface area contributed by atoms with Gasteiger partial charge in [-0.2, -0.15) is 0 Å². The molecule has 0 spiro atoms. The Balaban J connectivity index is 2.05. The fraction of sp³-hybridized carbons (Fsp3) is 0.350. The largest absolute Gasteiger partial charge is 0.481 e. The van der Waals surface area contributed by atoms with E-state index in [2.05, 4.69) is 44.3 Å². The molecule has 2 aromatic carbocycles. The van der Waals surface area contributed by atoms with Gasteiger partial charge >= 0.3 is 0 Å². The molecule has 0 saturated carbocycles. The van der Waals surface area contributed by atoms with Crippen LogP contribution in [-0.2, 0) is 4.79 Å². The highest BCUT2D eigenvalue weighted by Gasteiger charge is 2.20. The van der Waals surface area contributed by atoms with Gasteiger partial charge in [0.15, 0.2) is 6.10 Å². The third-order valence-electron chi connectivity index (χ3n) is 4.00. The Morgan fingerprint density at radius 1 is 1.21 bits per heavy atom. The lowest BCUT2D eigenvalue weighted by Gasteiger charge is -2.22. The molecule has 1 amide bonds. The van der Waals surface area contributed by atoms with Crippen molar-refractivity contribution in [3.63, 3.8) is 0 Å². The number of nitrogens with one attached hydrogen (secondary N) is 1.